The highest BCUT2D eigenvalue weighted by Gasteiger charge is 2.45. The van der Waals surface area contributed by atoms with Crippen LogP contribution in [0.25, 0.3) is 33.4 Å². The monoisotopic (exact) mass is 560 g/mol. The second-order valence-corrected chi connectivity index (χ2v) is 11.7. The molecule has 0 aliphatic carbocycles. The van der Waals surface area contributed by atoms with Gasteiger partial charge in [0, 0.05) is 31.3 Å². The zero-order chi connectivity index (χ0) is 28.7. The molecule has 214 valence electrons. The Bertz CT molecular complexity index is 1770. The zero-order valence-corrected chi connectivity index (χ0v) is 24.0. The van der Waals surface area contributed by atoms with Gasteiger partial charge in [0.25, 0.3) is 5.56 Å². The van der Waals surface area contributed by atoms with Crippen molar-refractivity contribution in [2.75, 3.05) is 6.54 Å². The lowest BCUT2D eigenvalue weighted by molar-refractivity contribution is -0.192. The summed E-state index contributed by atoms with van der Waals surface area (Å²) < 4.78 is 1.86. The minimum atomic E-state index is -0.427. The van der Waals surface area contributed by atoms with Gasteiger partial charge >= 0.3 is 0 Å². The van der Waals surface area contributed by atoms with E-state index in [1.54, 1.807) is 0 Å². The van der Waals surface area contributed by atoms with Crippen molar-refractivity contribution in [3.05, 3.63) is 94.0 Å². The molecule has 0 amide bonds. The molecular formula is C33H34N7O2-. The van der Waals surface area contributed by atoms with E-state index in [0.717, 1.165) is 71.4 Å². The second-order valence-electron chi connectivity index (χ2n) is 11.7. The van der Waals surface area contributed by atoms with Crippen molar-refractivity contribution < 1.29 is 4.84 Å². The smallest absolute Gasteiger partial charge is 0.261 e. The van der Waals surface area contributed by atoms with E-state index < -0.39 is 5.60 Å². The molecule has 2 aliphatic rings. The van der Waals surface area contributed by atoms with Gasteiger partial charge in [0.1, 0.15) is 11.4 Å². The number of unbranched alkanes of at least 4 members (excludes halogenated alkanes) is 1. The molecule has 42 heavy (non-hydrogen) atoms. The van der Waals surface area contributed by atoms with Crippen molar-refractivity contribution in [3.8, 4) is 22.5 Å². The van der Waals surface area contributed by atoms with Gasteiger partial charge in [0.15, 0.2) is 0 Å². The third-order valence-corrected chi connectivity index (χ3v) is 8.76. The van der Waals surface area contributed by atoms with Gasteiger partial charge in [-0.3, -0.25) is 24.5 Å². The minimum Gasteiger partial charge on any atom is -0.330 e. The van der Waals surface area contributed by atoms with Gasteiger partial charge in [-0.2, -0.15) is 10.3 Å². The number of nitrogens with zero attached hydrogens (tertiary/aromatic N) is 7. The largest absolute Gasteiger partial charge is 0.330 e. The van der Waals surface area contributed by atoms with Crippen LogP contribution >= 0.6 is 0 Å². The van der Waals surface area contributed by atoms with Crippen LogP contribution in [-0.4, -0.2) is 42.7 Å². The lowest BCUT2D eigenvalue weighted by atomic mass is 9.89. The van der Waals surface area contributed by atoms with E-state index in [1.807, 2.05) is 41.0 Å². The molecule has 2 aliphatic heterocycles. The number of tetrazole rings is 1. The van der Waals surface area contributed by atoms with Crippen LogP contribution in [0.3, 0.4) is 0 Å². The van der Waals surface area contributed by atoms with Crippen LogP contribution in [0.5, 0.6) is 0 Å². The maximum atomic E-state index is 14.1. The summed E-state index contributed by atoms with van der Waals surface area (Å²) in [5, 5.41) is 18.1. The van der Waals surface area contributed by atoms with Crippen molar-refractivity contribution in [2.45, 2.75) is 70.6 Å². The Morgan fingerprint density at radius 1 is 1.07 bits per heavy atom. The van der Waals surface area contributed by atoms with Crippen LogP contribution in [0.1, 0.15) is 62.9 Å². The van der Waals surface area contributed by atoms with E-state index in [4.69, 9.17) is 9.82 Å². The molecule has 9 nitrogen and oxygen atoms in total. The van der Waals surface area contributed by atoms with Crippen LogP contribution in [0.15, 0.2) is 71.5 Å². The molecule has 9 heteroatoms. The summed E-state index contributed by atoms with van der Waals surface area (Å²) in [6, 6.07) is 22.8. The van der Waals surface area contributed by atoms with Gasteiger partial charge in [0.2, 0.25) is 0 Å². The quantitative estimate of drug-likeness (QED) is 0.253. The van der Waals surface area contributed by atoms with Crippen molar-refractivity contribution >= 4 is 10.9 Å². The average molecular weight is 561 g/mol. The van der Waals surface area contributed by atoms with E-state index in [9.17, 15) is 4.79 Å². The van der Waals surface area contributed by atoms with E-state index in [1.165, 1.54) is 12.8 Å². The van der Waals surface area contributed by atoms with Crippen molar-refractivity contribution in [2.24, 2.45) is 0 Å². The van der Waals surface area contributed by atoms with Crippen LogP contribution in [0.4, 0.5) is 0 Å². The lowest BCUT2D eigenvalue weighted by Gasteiger charge is -2.25. The first-order chi connectivity index (χ1) is 20.5. The summed E-state index contributed by atoms with van der Waals surface area (Å²) in [6.07, 6.45) is 6.05. The fourth-order valence-electron chi connectivity index (χ4n) is 6.49. The van der Waals surface area contributed by atoms with Crippen molar-refractivity contribution in [1.29, 1.82) is 0 Å². The Labute approximate surface area is 244 Å². The molecule has 2 unspecified atom stereocenters. The molecule has 0 bridgehead atoms. The number of fused-ring (bicyclic) bond motifs is 2. The molecule has 4 heterocycles. The topological polar surface area (TPSA) is 100 Å². The van der Waals surface area contributed by atoms with Gasteiger partial charge in [0.05, 0.1) is 17.4 Å². The van der Waals surface area contributed by atoms with Gasteiger partial charge in [-0.1, -0.05) is 67.9 Å². The van der Waals surface area contributed by atoms with Gasteiger partial charge in [-0.15, -0.1) is 0 Å². The SMILES string of the molecule is CCCCc1nc2ccc(C3(C)CC4CCCN4O3)cc2c(=O)n1Cc1ccc(-c2ccccc2-c2nnn[n-]2)cc1. The van der Waals surface area contributed by atoms with Crippen LogP contribution in [0.2, 0.25) is 0 Å². The zero-order valence-electron chi connectivity index (χ0n) is 24.0. The number of hydroxylamine groups is 2. The average Bonchev–Trinajstić information content (AvgIpc) is 3.76. The first kappa shape index (κ1) is 26.7. The first-order valence-corrected chi connectivity index (χ1v) is 14.9. The molecule has 3 aromatic carbocycles. The Kier molecular flexibility index (Phi) is 6.91. The Morgan fingerprint density at radius 2 is 1.90 bits per heavy atom. The summed E-state index contributed by atoms with van der Waals surface area (Å²) in [6.45, 7) is 5.73. The Hall–Kier alpha value is -4.21. The number of aryl methyl sites for hydroxylation is 1. The number of benzene rings is 3. The highest BCUT2D eigenvalue weighted by Crippen LogP contribution is 2.43. The van der Waals surface area contributed by atoms with Crippen LogP contribution < -0.4 is 10.7 Å². The summed E-state index contributed by atoms with van der Waals surface area (Å²) >= 11 is 0. The number of rotatable bonds is 8. The Balaban J connectivity index is 1.23. The third kappa shape index (κ3) is 4.82. The minimum absolute atomic E-state index is 0.00201. The summed E-state index contributed by atoms with van der Waals surface area (Å²) in [5.41, 5.74) is 5.31. The Morgan fingerprint density at radius 3 is 2.67 bits per heavy atom. The molecule has 2 atom stereocenters. The number of aromatic nitrogens is 6. The first-order valence-electron chi connectivity index (χ1n) is 14.9. The van der Waals surface area contributed by atoms with E-state index >= 15 is 0 Å². The fraction of sp³-hybridized carbons (Fsp3) is 0.364. The highest BCUT2D eigenvalue weighted by molar-refractivity contribution is 5.80. The molecule has 5 aromatic rings. The maximum Gasteiger partial charge on any atom is 0.261 e. The van der Waals surface area contributed by atoms with Gasteiger partial charge < -0.3 is 5.10 Å². The normalized spacial score (nSPS) is 20.4. The molecule has 2 saturated heterocycles. The van der Waals surface area contributed by atoms with Gasteiger partial charge in [-0.25, -0.2) is 4.98 Å². The lowest BCUT2D eigenvalue weighted by Crippen LogP contribution is -2.28. The molecule has 0 saturated carbocycles. The maximum absolute atomic E-state index is 14.1. The predicted octanol–water partition coefficient (Wildman–Crippen LogP) is 5.28. The second kappa shape index (κ2) is 10.9. The molecule has 0 N–H and O–H groups in total. The molecule has 0 spiro atoms. The predicted molar refractivity (Wildman–Crippen MR) is 161 cm³/mol. The molecule has 7 rings (SSSR count). The standard InChI is InChI=1S/C33H34N7O2/c1-3-4-11-30-34-29-17-16-24(33(2)20-25-8-7-18-40(25)42-33)19-28(29)32(41)39(30)21-22-12-14-23(15-13-22)26-9-5-6-10-27(26)31-35-37-38-36-31/h5-6,9-10,12-17,19,25H,3-4,7-8,11,18,20-21H2,1-2H3/q-1. The third-order valence-electron chi connectivity index (χ3n) is 8.76. The molecule has 0 radical (unpaired) electrons. The highest BCUT2D eigenvalue weighted by atomic mass is 16.7. The molecule has 2 aromatic heterocycles. The fourth-order valence-corrected chi connectivity index (χ4v) is 6.49. The molecule has 2 fully saturated rings. The van der Waals surface area contributed by atoms with Crippen molar-refractivity contribution in [1.82, 2.24) is 35.2 Å². The molecular weight excluding hydrogens is 526 g/mol. The van der Waals surface area contributed by atoms with E-state index in [2.05, 4.69) is 69.9 Å². The number of hydrogen-bond acceptors (Lipinski definition) is 7. The van der Waals surface area contributed by atoms with E-state index in [-0.39, 0.29) is 5.56 Å². The van der Waals surface area contributed by atoms with Crippen LogP contribution in [0, 0.1) is 0 Å². The summed E-state index contributed by atoms with van der Waals surface area (Å²) in [4.78, 5) is 25.5. The number of hydrogen-bond donors (Lipinski definition) is 0. The summed E-state index contributed by atoms with van der Waals surface area (Å²) in [7, 11) is 0. The summed E-state index contributed by atoms with van der Waals surface area (Å²) in [5.74, 6) is 1.33. The van der Waals surface area contributed by atoms with Crippen molar-refractivity contribution in [3.63, 3.8) is 0 Å². The van der Waals surface area contributed by atoms with E-state index in [0.29, 0.717) is 23.8 Å². The van der Waals surface area contributed by atoms with Crippen LogP contribution in [-0.2, 0) is 23.4 Å². The van der Waals surface area contributed by atoms with Gasteiger partial charge in [-0.05, 0) is 66.1 Å².